The van der Waals surface area contributed by atoms with E-state index in [-0.39, 0.29) is 16.3 Å². The number of aromatic nitrogens is 1. The van der Waals surface area contributed by atoms with Crippen LogP contribution in [0, 0.1) is 13.8 Å². The highest BCUT2D eigenvalue weighted by Crippen LogP contribution is 2.28. The van der Waals surface area contributed by atoms with Crippen LogP contribution in [0.4, 0.5) is 0 Å². The topological polar surface area (TPSA) is 82.3 Å². The lowest BCUT2D eigenvalue weighted by Gasteiger charge is -2.21. The molecular formula is C17H29N3O3S. The standard InChI is InChI=1S/C17H29N3O3S/c1-12-14(16(21)19-17(3,4)5)18-13(2)15(12)24(22,23)20-10-8-6-7-9-11-20/h18H,6-11H2,1-5H3,(H,19,21). The van der Waals surface area contributed by atoms with Crippen LogP contribution in [0.3, 0.4) is 0 Å². The average Bonchev–Trinajstić information content (AvgIpc) is 2.65. The molecule has 1 aromatic heterocycles. The molecule has 0 atom stereocenters. The molecule has 1 saturated heterocycles. The number of nitrogens with zero attached hydrogens (tertiary/aromatic N) is 1. The lowest BCUT2D eigenvalue weighted by Crippen LogP contribution is -2.41. The Labute approximate surface area is 145 Å². The van der Waals surface area contributed by atoms with Crippen molar-refractivity contribution >= 4 is 15.9 Å². The summed E-state index contributed by atoms with van der Waals surface area (Å²) in [4.78, 5) is 15.7. The maximum Gasteiger partial charge on any atom is 0.268 e. The van der Waals surface area contributed by atoms with Crippen LogP contribution in [0.25, 0.3) is 0 Å². The molecule has 0 aliphatic carbocycles. The predicted octanol–water partition coefficient (Wildman–Crippen LogP) is 2.72. The van der Waals surface area contributed by atoms with Gasteiger partial charge >= 0.3 is 0 Å². The third kappa shape index (κ3) is 4.00. The summed E-state index contributed by atoms with van der Waals surface area (Å²) >= 11 is 0. The van der Waals surface area contributed by atoms with Crippen molar-refractivity contribution in [2.75, 3.05) is 13.1 Å². The molecule has 0 aromatic carbocycles. The molecular weight excluding hydrogens is 326 g/mol. The number of hydrogen-bond donors (Lipinski definition) is 2. The molecule has 2 N–H and O–H groups in total. The third-order valence-electron chi connectivity index (χ3n) is 4.25. The molecule has 136 valence electrons. The molecule has 1 aromatic rings. The number of amides is 1. The lowest BCUT2D eigenvalue weighted by atomic mass is 10.1. The minimum atomic E-state index is -3.58. The van der Waals surface area contributed by atoms with Crippen molar-refractivity contribution in [3.8, 4) is 0 Å². The smallest absolute Gasteiger partial charge is 0.268 e. The first kappa shape index (κ1) is 19.0. The van der Waals surface area contributed by atoms with E-state index >= 15 is 0 Å². The Bertz CT molecular complexity index is 706. The zero-order valence-electron chi connectivity index (χ0n) is 15.3. The molecule has 1 aliphatic rings. The molecule has 7 heteroatoms. The molecule has 0 spiro atoms. The first-order chi connectivity index (χ1) is 11.0. The van der Waals surface area contributed by atoms with Gasteiger partial charge in [-0.2, -0.15) is 4.31 Å². The zero-order valence-corrected chi connectivity index (χ0v) is 16.1. The van der Waals surface area contributed by atoms with E-state index in [0.29, 0.717) is 30.0 Å². The first-order valence-corrected chi connectivity index (χ1v) is 10.00. The number of hydrogen-bond acceptors (Lipinski definition) is 3. The van der Waals surface area contributed by atoms with Gasteiger partial charge in [0.1, 0.15) is 10.6 Å². The summed E-state index contributed by atoms with van der Waals surface area (Å²) in [5.41, 5.74) is 0.969. The number of nitrogens with one attached hydrogen (secondary N) is 2. The summed E-state index contributed by atoms with van der Waals surface area (Å²) in [7, 11) is -3.58. The molecule has 1 aliphatic heterocycles. The van der Waals surface area contributed by atoms with Crippen LogP contribution in [0.2, 0.25) is 0 Å². The number of H-pyrrole nitrogens is 1. The number of aromatic amines is 1. The van der Waals surface area contributed by atoms with Gasteiger partial charge in [-0.05, 0) is 53.0 Å². The molecule has 0 radical (unpaired) electrons. The quantitative estimate of drug-likeness (QED) is 0.874. The maximum atomic E-state index is 13.1. The van der Waals surface area contributed by atoms with E-state index in [2.05, 4.69) is 10.3 Å². The predicted molar refractivity (Wildman–Crippen MR) is 94.7 cm³/mol. The van der Waals surface area contributed by atoms with Crippen molar-refractivity contribution in [1.82, 2.24) is 14.6 Å². The van der Waals surface area contributed by atoms with Gasteiger partial charge in [-0.1, -0.05) is 12.8 Å². The number of rotatable bonds is 3. The first-order valence-electron chi connectivity index (χ1n) is 8.56. The van der Waals surface area contributed by atoms with Crippen molar-refractivity contribution in [2.24, 2.45) is 0 Å². The van der Waals surface area contributed by atoms with Gasteiger partial charge in [-0.25, -0.2) is 8.42 Å². The number of carbonyl (C=O) groups excluding carboxylic acids is 1. The molecule has 1 fully saturated rings. The van der Waals surface area contributed by atoms with E-state index in [0.717, 1.165) is 25.7 Å². The van der Waals surface area contributed by atoms with Crippen LogP contribution < -0.4 is 5.32 Å². The second-order valence-electron chi connectivity index (χ2n) is 7.60. The van der Waals surface area contributed by atoms with Crippen molar-refractivity contribution in [3.63, 3.8) is 0 Å². The van der Waals surface area contributed by atoms with E-state index in [4.69, 9.17) is 0 Å². The van der Waals surface area contributed by atoms with Crippen molar-refractivity contribution in [2.45, 2.75) is 70.7 Å². The molecule has 0 bridgehead atoms. The number of sulfonamides is 1. The van der Waals surface area contributed by atoms with E-state index in [1.807, 2.05) is 20.8 Å². The molecule has 0 saturated carbocycles. The van der Waals surface area contributed by atoms with Gasteiger partial charge in [0.05, 0.1) is 0 Å². The molecule has 0 unspecified atom stereocenters. The van der Waals surface area contributed by atoms with Crippen LogP contribution in [0.15, 0.2) is 4.90 Å². The van der Waals surface area contributed by atoms with Gasteiger partial charge in [0.15, 0.2) is 0 Å². The molecule has 1 amide bonds. The van der Waals surface area contributed by atoms with Crippen molar-refractivity contribution in [1.29, 1.82) is 0 Å². The van der Waals surface area contributed by atoms with Gasteiger partial charge in [0.25, 0.3) is 5.91 Å². The zero-order chi connectivity index (χ0) is 18.1. The van der Waals surface area contributed by atoms with E-state index in [1.54, 1.807) is 18.2 Å². The minimum absolute atomic E-state index is 0.253. The van der Waals surface area contributed by atoms with Crippen LogP contribution in [0.1, 0.15) is 68.2 Å². The van der Waals surface area contributed by atoms with Crippen LogP contribution >= 0.6 is 0 Å². The summed E-state index contributed by atoms with van der Waals surface area (Å²) < 4.78 is 27.7. The normalized spacial score (nSPS) is 17.5. The second kappa shape index (κ2) is 6.88. The fourth-order valence-electron chi connectivity index (χ4n) is 3.16. The molecule has 2 heterocycles. The number of carbonyl (C=O) groups is 1. The Morgan fingerprint density at radius 2 is 1.62 bits per heavy atom. The van der Waals surface area contributed by atoms with Crippen molar-refractivity contribution < 1.29 is 13.2 Å². The average molecular weight is 356 g/mol. The van der Waals surface area contributed by atoms with E-state index in [9.17, 15) is 13.2 Å². The summed E-state index contributed by atoms with van der Waals surface area (Å²) in [6.45, 7) is 10.2. The highest BCUT2D eigenvalue weighted by molar-refractivity contribution is 7.89. The second-order valence-corrected chi connectivity index (χ2v) is 9.48. The monoisotopic (exact) mass is 355 g/mol. The lowest BCUT2D eigenvalue weighted by molar-refractivity contribution is 0.0914. The third-order valence-corrected chi connectivity index (χ3v) is 6.42. The Hall–Kier alpha value is -1.34. The van der Waals surface area contributed by atoms with E-state index < -0.39 is 10.0 Å². The van der Waals surface area contributed by atoms with Gasteiger partial charge in [0, 0.05) is 24.3 Å². The Kier molecular flexibility index (Phi) is 5.44. The Balaban J connectivity index is 2.39. The Morgan fingerprint density at radius 3 is 2.12 bits per heavy atom. The highest BCUT2D eigenvalue weighted by atomic mass is 32.2. The fourth-order valence-corrected chi connectivity index (χ4v) is 5.09. The van der Waals surface area contributed by atoms with Gasteiger partial charge < -0.3 is 10.3 Å². The van der Waals surface area contributed by atoms with Gasteiger partial charge in [-0.15, -0.1) is 0 Å². The SMILES string of the molecule is Cc1[nH]c(C(=O)NC(C)(C)C)c(C)c1S(=O)(=O)N1CCCCCC1. The van der Waals surface area contributed by atoms with E-state index in [1.165, 1.54) is 0 Å². The van der Waals surface area contributed by atoms with Crippen molar-refractivity contribution in [3.05, 3.63) is 17.0 Å². The summed E-state index contributed by atoms with van der Waals surface area (Å²) in [5.74, 6) is -0.277. The van der Waals surface area contributed by atoms with Crippen LogP contribution in [0.5, 0.6) is 0 Å². The fraction of sp³-hybridized carbons (Fsp3) is 0.706. The van der Waals surface area contributed by atoms with Crippen LogP contribution in [-0.2, 0) is 10.0 Å². The highest BCUT2D eigenvalue weighted by Gasteiger charge is 2.32. The largest absolute Gasteiger partial charge is 0.353 e. The minimum Gasteiger partial charge on any atom is -0.353 e. The summed E-state index contributed by atoms with van der Waals surface area (Å²) in [5, 5.41) is 2.88. The van der Waals surface area contributed by atoms with Crippen LogP contribution in [-0.4, -0.2) is 42.2 Å². The van der Waals surface area contributed by atoms with Gasteiger partial charge in [0.2, 0.25) is 10.0 Å². The summed E-state index contributed by atoms with van der Waals surface area (Å²) in [6.07, 6.45) is 3.91. The Morgan fingerprint density at radius 1 is 1.08 bits per heavy atom. The molecule has 6 nitrogen and oxygen atoms in total. The number of aryl methyl sites for hydroxylation is 1. The molecule has 2 rings (SSSR count). The summed E-state index contributed by atoms with van der Waals surface area (Å²) in [6, 6.07) is 0. The molecule has 24 heavy (non-hydrogen) atoms. The maximum absolute atomic E-state index is 13.1. The van der Waals surface area contributed by atoms with Gasteiger partial charge in [-0.3, -0.25) is 4.79 Å².